The quantitative estimate of drug-likeness (QED) is 0.926. The second-order valence-corrected chi connectivity index (χ2v) is 5.83. The van der Waals surface area contributed by atoms with E-state index in [0.29, 0.717) is 0 Å². The molecule has 1 saturated heterocycles. The number of nitrogens with zero attached hydrogens (tertiary/aromatic N) is 2. The summed E-state index contributed by atoms with van der Waals surface area (Å²) in [7, 11) is 0. The van der Waals surface area contributed by atoms with Gasteiger partial charge in [-0.1, -0.05) is 23.7 Å². The van der Waals surface area contributed by atoms with Gasteiger partial charge < -0.3 is 10.6 Å². The van der Waals surface area contributed by atoms with Gasteiger partial charge in [-0.05, 0) is 24.6 Å². The molecule has 110 valence electrons. The molecule has 2 atom stereocenters. The fourth-order valence-electron chi connectivity index (χ4n) is 2.82. The molecule has 0 radical (unpaired) electrons. The number of hydrogen-bond donors (Lipinski definition) is 1. The lowest BCUT2D eigenvalue weighted by atomic mass is 9.98. The van der Waals surface area contributed by atoms with Gasteiger partial charge in [0.05, 0.1) is 0 Å². The second kappa shape index (κ2) is 6.57. The number of benzene rings is 1. The van der Waals surface area contributed by atoms with Gasteiger partial charge in [0.25, 0.3) is 0 Å². The highest BCUT2D eigenvalue weighted by Gasteiger charge is 2.28. The van der Waals surface area contributed by atoms with Crippen LogP contribution in [0.25, 0.3) is 0 Å². The van der Waals surface area contributed by atoms with Crippen molar-refractivity contribution in [3.05, 3.63) is 34.9 Å². The number of nitrogens with two attached hydrogens (primary N) is 1. The molecule has 5 heteroatoms. The van der Waals surface area contributed by atoms with Crippen molar-refractivity contribution in [2.75, 3.05) is 26.2 Å². The first-order valence-corrected chi connectivity index (χ1v) is 7.37. The maximum atomic E-state index is 11.4. The highest BCUT2D eigenvalue weighted by atomic mass is 35.5. The average molecular weight is 296 g/mol. The Morgan fingerprint density at radius 1 is 1.20 bits per heavy atom. The molecular weight excluding hydrogens is 274 g/mol. The van der Waals surface area contributed by atoms with Crippen molar-refractivity contribution in [2.45, 2.75) is 25.9 Å². The Labute approximate surface area is 125 Å². The zero-order valence-electron chi connectivity index (χ0n) is 12.1. The summed E-state index contributed by atoms with van der Waals surface area (Å²) in [6.45, 7) is 6.90. The van der Waals surface area contributed by atoms with Gasteiger partial charge >= 0.3 is 0 Å². The predicted molar refractivity (Wildman–Crippen MR) is 81.7 cm³/mol. The Morgan fingerprint density at radius 2 is 1.75 bits per heavy atom. The van der Waals surface area contributed by atoms with Crippen LogP contribution in [0.1, 0.15) is 25.5 Å². The van der Waals surface area contributed by atoms with E-state index in [1.165, 1.54) is 5.56 Å². The number of carbonyl (C=O) groups is 1. The number of piperazine rings is 1. The Bertz CT molecular complexity index is 453. The van der Waals surface area contributed by atoms with E-state index in [4.69, 9.17) is 17.3 Å². The van der Waals surface area contributed by atoms with Crippen molar-refractivity contribution in [3.8, 4) is 0 Å². The van der Waals surface area contributed by atoms with Gasteiger partial charge in [-0.25, -0.2) is 0 Å². The van der Waals surface area contributed by atoms with Crippen molar-refractivity contribution in [2.24, 2.45) is 5.73 Å². The number of amides is 1. The van der Waals surface area contributed by atoms with Crippen LogP contribution in [0, 0.1) is 0 Å². The van der Waals surface area contributed by atoms with Crippen LogP contribution in [0.4, 0.5) is 0 Å². The summed E-state index contributed by atoms with van der Waals surface area (Å²) in [5.41, 5.74) is 7.36. The van der Waals surface area contributed by atoms with Gasteiger partial charge in [0.1, 0.15) is 0 Å². The maximum absolute atomic E-state index is 11.4. The van der Waals surface area contributed by atoms with Gasteiger partial charge in [0.2, 0.25) is 5.91 Å². The van der Waals surface area contributed by atoms with Crippen LogP contribution in [0.5, 0.6) is 0 Å². The lowest BCUT2D eigenvalue weighted by Gasteiger charge is -2.40. The highest BCUT2D eigenvalue weighted by molar-refractivity contribution is 6.30. The summed E-state index contributed by atoms with van der Waals surface area (Å²) in [4.78, 5) is 15.6. The number of hydrogen-bond acceptors (Lipinski definition) is 3. The number of halogens is 1. The largest absolute Gasteiger partial charge is 0.340 e. The summed E-state index contributed by atoms with van der Waals surface area (Å²) < 4.78 is 0. The van der Waals surface area contributed by atoms with E-state index in [1.807, 2.05) is 36.1 Å². The van der Waals surface area contributed by atoms with E-state index in [1.54, 1.807) is 6.92 Å². The van der Waals surface area contributed by atoms with E-state index in [9.17, 15) is 4.79 Å². The van der Waals surface area contributed by atoms with Crippen molar-refractivity contribution in [3.63, 3.8) is 0 Å². The second-order valence-electron chi connectivity index (χ2n) is 5.40. The van der Waals surface area contributed by atoms with E-state index in [2.05, 4.69) is 4.90 Å². The third-order valence-corrected chi connectivity index (χ3v) is 4.11. The van der Waals surface area contributed by atoms with Gasteiger partial charge in [-0.3, -0.25) is 9.69 Å². The molecule has 2 N–H and O–H groups in total. The number of carbonyl (C=O) groups excluding carboxylic acids is 1. The van der Waals surface area contributed by atoms with Gasteiger partial charge in [0.15, 0.2) is 0 Å². The van der Waals surface area contributed by atoms with Crippen LogP contribution in [-0.2, 0) is 4.79 Å². The molecule has 2 unspecified atom stereocenters. The summed E-state index contributed by atoms with van der Waals surface area (Å²) >= 11 is 5.95. The zero-order valence-corrected chi connectivity index (χ0v) is 12.8. The van der Waals surface area contributed by atoms with Crippen molar-refractivity contribution >= 4 is 17.5 Å². The minimum atomic E-state index is 0.0278. The first kappa shape index (κ1) is 15.3. The molecule has 1 aromatic rings. The Morgan fingerprint density at radius 3 is 2.20 bits per heavy atom. The van der Waals surface area contributed by atoms with Crippen LogP contribution in [0.15, 0.2) is 24.3 Å². The van der Waals surface area contributed by atoms with Crippen LogP contribution in [0.2, 0.25) is 5.02 Å². The van der Waals surface area contributed by atoms with Crippen molar-refractivity contribution in [1.29, 1.82) is 0 Å². The molecule has 4 nitrogen and oxygen atoms in total. The molecule has 1 amide bonds. The normalized spacial score (nSPS) is 19.7. The molecule has 0 aromatic heterocycles. The lowest BCUT2D eigenvalue weighted by Crippen LogP contribution is -2.51. The molecular formula is C15H22ClN3O. The van der Waals surface area contributed by atoms with Crippen molar-refractivity contribution in [1.82, 2.24) is 9.80 Å². The van der Waals surface area contributed by atoms with Crippen LogP contribution < -0.4 is 5.73 Å². The minimum Gasteiger partial charge on any atom is -0.340 e. The first-order chi connectivity index (χ1) is 9.49. The first-order valence-electron chi connectivity index (χ1n) is 6.99. The van der Waals surface area contributed by atoms with Crippen LogP contribution >= 0.6 is 11.6 Å². The molecule has 0 spiro atoms. The summed E-state index contributed by atoms with van der Waals surface area (Å²) in [5, 5.41) is 0.735. The standard InChI is InChI=1S/C15H22ClN3O/c1-11(17)15(13-3-5-14(16)6-4-13)19-9-7-18(8-10-19)12(2)20/h3-6,11,15H,7-10,17H2,1-2H3. The molecule has 0 aliphatic carbocycles. The van der Waals surface area contributed by atoms with Crippen molar-refractivity contribution < 1.29 is 4.79 Å². The monoisotopic (exact) mass is 295 g/mol. The highest BCUT2D eigenvalue weighted by Crippen LogP contribution is 2.26. The van der Waals surface area contributed by atoms with Gasteiger partial charge in [-0.2, -0.15) is 0 Å². The SMILES string of the molecule is CC(=O)N1CCN(C(c2ccc(Cl)cc2)C(C)N)CC1. The molecule has 1 aromatic carbocycles. The summed E-state index contributed by atoms with van der Waals surface area (Å²) in [6.07, 6.45) is 0. The molecule has 1 aliphatic rings. The van der Waals surface area contributed by atoms with E-state index in [0.717, 1.165) is 31.2 Å². The molecule has 0 bridgehead atoms. The maximum Gasteiger partial charge on any atom is 0.219 e. The topological polar surface area (TPSA) is 49.6 Å². The smallest absolute Gasteiger partial charge is 0.219 e. The molecule has 1 heterocycles. The van der Waals surface area contributed by atoms with Gasteiger partial charge in [0, 0.05) is 50.2 Å². The third-order valence-electron chi connectivity index (χ3n) is 3.86. The third kappa shape index (κ3) is 3.51. The molecule has 2 rings (SSSR count). The van der Waals surface area contributed by atoms with E-state index < -0.39 is 0 Å². The predicted octanol–water partition coefficient (Wildman–Crippen LogP) is 1.89. The Balaban J connectivity index is 2.10. The molecule has 0 saturated carbocycles. The van der Waals surface area contributed by atoms with E-state index >= 15 is 0 Å². The summed E-state index contributed by atoms with van der Waals surface area (Å²) in [5.74, 6) is 0.147. The van der Waals surface area contributed by atoms with E-state index in [-0.39, 0.29) is 18.0 Å². The minimum absolute atomic E-state index is 0.0278. The molecule has 20 heavy (non-hydrogen) atoms. The lowest BCUT2D eigenvalue weighted by molar-refractivity contribution is -0.130. The summed E-state index contributed by atoms with van der Waals surface area (Å²) in [6, 6.07) is 8.07. The average Bonchev–Trinajstić information content (AvgIpc) is 2.41. The Hall–Kier alpha value is -1.10. The zero-order chi connectivity index (χ0) is 14.7. The number of rotatable bonds is 3. The fraction of sp³-hybridized carbons (Fsp3) is 0.533. The molecule has 1 aliphatic heterocycles. The molecule has 1 fully saturated rings. The Kier molecular flexibility index (Phi) is 5.02. The fourth-order valence-corrected chi connectivity index (χ4v) is 2.95. The van der Waals surface area contributed by atoms with Crippen LogP contribution in [0.3, 0.4) is 0 Å². The van der Waals surface area contributed by atoms with Gasteiger partial charge in [-0.15, -0.1) is 0 Å². The van der Waals surface area contributed by atoms with Crippen LogP contribution in [-0.4, -0.2) is 47.9 Å².